The van der Waals surface area contributed by atoms with Gasteiger partial charge in [0.05, 0.1) is 13.2 Å². The first-order valence-corrected chi connectivity index (χ1v) is 9.76. The number of benzene rings is 1. The van der Waals surface area contributed by atoms with Gasteiger partial charge in [0.2, 0.25) is 0 Å². The molecule has 0 unspecified atom stereocenters. The first-order chi connectivity index (χ1) is 14.5. The number of halogens is 1. The minimum absolute atomic E-state index is 0.101. The molecule has 2 N–H and O–H groups in total. The van der Waals surface area contributed by atoms with Crippen LogP contribution < -0.4 is 11.0 Å². The highest BCUT2D eigenvalue weighted by Crippen LogP contribution is 2.47. The molecule has 30 heavy (non-hydrogen) atoms. The smallest absolute Gasteiger partial charge is 0.351 e. The quantitative estimate of drug-likeness (QED) is 0.694. The van der Waals surface area contributed by atoms with Crippen LogP contribution in [0, 0.1) is 0 Å². The van der Waals surface area contributed by atoms with Crippen LogP contribution in [0.1, 0.15) is 29.9 Å². The molecular formula is C20H23FN4O5. The van der Waals surface area contributed by atoms with Gasteiger partial charge < -0.3 is 15.2 Å². The number of aromatic nitrogens is 2. The Morgan fingerprint density at radius 1 is 1.40 bits per heavy atom. The van der Waals surface area contributed by atoms with Gasteiger partial charge in [-0.05, 0) is 24.6 Å². The lowest BCUT2D eigenvalue weighted by Crippen LogP contribution is -2.47. The average molecular weight is 418 g/mol. The van der Waals surface area contributed by atoms with Crippen molar-refractivity contribution in [2.45, 2.75) is 37.3 Å². The summed E-state index contributed by atoms with van der Waals surface area (Å²) in [6.07, 6.45) is 0.179. The number of aliphatic hydroxyl groups excluding tert-OH is 1. The van der Waals surface area contributed by atoms with Gasteiger partial charge in [-0.2, -0.15) is 10.0 Å². The summed E-state index contributed by atoms with van der Waals surface area (Å²) in [6.45, 7) is 1.33. The third-order valence-corrected chi connectivity index (χ3v) is 5.58. The Bertz CT molecular complexity index is 971. The van der Waals surface area contributed by atoms with Gasteiger partial charge in [0.15, 0.2) is 6.23 Å². The van der Waals surface area contributed by atoms with Crippen molar-refractivity contribution in [3.8, 4) is 0 Å². The van der Waals surface area contributed by atoms with Crippen molar-refractivity contribution in [1.29, 1.82) is 0 Å². The number of nitrogens with zero attached hydrogens (tertiary/aromatic N) is 3. The number of alkyl halides is 1. The van der Waals surface area contributed by atoms with E-state index in [1.807, 2.05) is 6.92 Å². The fourth-order valence-electron chi connectivity index (χ4n) is 4.01. The van der Waals surface area contributed by atoms with Crippen LogP contribution >= 0.6 is 0 Å². The molecule has 10 heteroatoms. The van der Waals surface area contributed by atoms with Crippen LogP contribution in [0.15, 0.2) is 47.4 Å². The number of carbonyl (C=O) groups is 1. The number of rotatable bonds is 7. The summed E-state index contributed by atoms with van der Waals surface area (Å²) in [5.74, 6) is -0.285. The van der Waals surface area contributed by atoms with E-state index in [1.165, 1.54) is 21.9 Å². The lowest BCUT2D eigenvalue weighted by Gasteiger charge is -2.36. The van der Waals surface area contributed by atoms with Crippen molar-refractivity contribution >= 4 is 11.7 Å². The van der Waals surface area contributed by atoms with E-state index in [0.717, 1.165) is 0 Å². The molecule has 0 saturated carbocycles. The van der Waals surface area contributed by atoms with E-state index in [-0.39, 0.29) is 24.9 Å². The van der Waals surface area contributed by atoms with Gasteiger partial charge in [0.1, 0.15) is 30.2 Å². The van der Waals surface area contributed by atoms with E-state index in [1.54, 1.807) is 30.3 Å². The zero-order valence-corrected chi connectivity index (χ0v) is 16.4. The van der Waals surface area contributed by atoms with Crippen LogP contribution in [0.5, 0.6) is 0 Å². The maximum absolute atomic E-state index is 12.7. The van der Waals surface area contributed by atoms with Gasteiger partial charge in [-0.1, -0.05) is 25.1 Å². The standard InChI is InChI=1S/C20H23FN4O5/c1-2-20-12-25(29-11-9-21)15(16(20)26)18(30-20)24-10-8-14(23-19(24)28)22-17(27)13-6-4-3-5-7-13/h3-8,10,15-16,18,26H,2,9,11-12H2,1H3,(H,22,23,27,28)/t15-,16+,18-,20+/m1/s1. The molecule has 2 aliphatic heterocycles. The molecule has 2 bridgehead atoms. The molecule has 2 aromatic rings. The van der Waals surface area contributed by atoms with E-state index < -0.39 is 36.3 Å². The van der Waals surface area contributed by atoms with Crippen molar-refractivity contribution in [2.24, 2.45) is 0 Å². The SMILES string of the molecule is CC[C@@]12CN(OCCF)[C@@H]([C@H](n3ccc(NC(=O)c4ccccc4)nc3=O)O1)[C@@H]2O. The number of fused-ring (bicyclic) bond motifs is 2. The summed E-state index contributed by atoms with van der Waals surface area (Å²) in [5.41, 5.74) is -1.12. The van der Waals surface area contributed by atoms with Gasteiger partial charge in [0.25, 0.3) is 5.91 Å². The Morgan fingerprint density at radius 2 is 2.17 bits per heavy atom. The monoisotopic (exact) mass is 418 g/mol. The Labute approximate surface area is 172 Å². The number of ether oxygens (including phenoxy) is 1. The summed E-state index contributed by atoms with van der Waals surface area (Å²) >= 11 is 0. The fourth-order valence-corrected chi connectivity index (χ4v) is 4.01. The minimum Gasteiger partial charge on any atom is -0.388 e. The molecule has 160 valence electrons. The molecule has 4 atom stereocenters. The van der Waals surface area contributed by atoms with Crippen molar-refractivity contribution in [2.75, 3.05) is 25.1 Å². The number of aliphatic hydroxyl groups is 1. The van der Waals surface area contributed by atoms with E-state index in [0.29, 0.717) is 12.0 Å². The highest BCUT2D eigenvalue weighted by molar-refractivity contribution is 6.03. The second kappa shape index (κ2) is 8.23. The maximum Gasteiger partial charge on any atom is 0.351 e. The van der Waals surface area contributed by atoms with Gasteiger partial charge in [-0.25, -0.2) is 9.18 Å². The van der Waals surface area contributed by atoms with Gasteiger partial charge in [-0.3, -0.25) is 14.2 Å². The number of morpholine rings is 1. The number of nitrogens with one attached hydrogen (secondary N) is 1. The summed E-state index contributed by atoms with van der Waals surface area (Å²) in [7, 11) is 0. The zero-order valence-electron chi connectivity index (χ0n) is 16.4. The van der Waals surface area contributed by atoms with Gasteiger partial charge >= 0.3 is 5.69 Å². The highest BCUT2D eigenvalue weighted by atomic mass is 19.1. The molecule has 4 rings (SSSR count). The molecule has 1 amide bonds. The number of hydrogen-bond acceptors (Lipinski definition) is 7. The van der Waals surface area contributed by atoms with Gasteiger partial charge in [0, 0.05) is 11.8 Å². The average Bonchev–Trinajstić information content (AvgIpc) is 3.20. The summed E-state index contributed by atoms with van der Waals surface area (Å²) in [5, 5.41) is 14.8. The van der Waals surface area contributed by atoms with Crippen molar-refractivity contribution < 1.29 is 23.9 Å². The normalized spacial score (nSPS) is 28.0. The maximum atomic E-state index is 12.7. The topological polar surface area (TPSA) is 106 Å². The number of amides is 1. The van der Waals surface area contributed by atoms with Crippen LogP contribution in [0.3, 0.4) is 0 Å². The Kier molecular flexibility index (Phi) is 5.65. The molecule has 3 heterocycles. The number of hydroxylamine groups is 2. The molecular weight excluding hydrogens is 395 g/mol. The predicted molar refractivity (Wildman–Crippen MR) is 104 cm³/mol. The van der Waals surface area contributed by atoms with E-state index >= 15 is 0 Å². The molecule has 9 nitrogen and oxygen atoms in total. The minimum atomic E-state index is -0.911. The Morgan fingerprint density at radius 3 is 2.80 bits per heavy atom. The second-order valence-electron chi connectivity index (χ2n) is 7.28. The molecule has 0 radical (unpaired) electrons. The predicted octanol–water partition coefficient (Wildman–Crippen LogP) is 1.12. The van der Waals surface area contributed by atoms with Crippen LogP contribution in [0.4, 0.5) is 10.2 Å². The fraction of sp³-hybridized carbons (Fsp3) is 0.450. The van der Waals surface area contributed by atoms with Crippen LogP contribution in [0.25, 0.3) is 0 Å². The largest absolute Gasteiger partial charge is 0.388 e. The molecule has 0 aliphatic carbocycles. The molecule has 2 aliphatic rings. The van der Waals surface area contributed by atoms with Crippen molar-refractivity contribution in [3.63, 3.8) is 0 Å². The summed E-state index contributed by atoms with van der Waals surface area (Å²) in [4.78, 5) is 34.3. The number of carbonyl (C=O) groups excluding carboxylic acids is 1. The van der Waals surface area contributed by atoms with Crippen LogP contribution in [-0.2, 0) is 9.57 Å². The van der Waals surface area contributed by atoms with E-state index in [9.17, 15) is 19.1 Å². The summed E-state index contributed by atoms with van der Waals surface area (Å²) in [6, 6.07) is 9.37. The third-order valence-electron chi connectivity index (χ3n) is 5.58. The Hall–Kier alpha value is -2.66. The molecule has 2 fully saturated rings. The third kappa shape index (κ3) is 3.52. The highest BCUT2D eigenvalue weighted by Gasteiger charge is 2.64. The molecule has 1 aromatic heterocycles. The summed E-state index contributed by atoms with van der Waals surface area (Å²) < 4.78 is 19.9. The van der Waals surface area contributed by atoms with Crippen LogP contribution in [-0.4, -0.2) is 63.2 Å². The van der Waals surface area contributed by atoms with Crippen molar-refractivity contribution in [3.05, 3.63) is 58.6 Å². The molecule has 2 saturated heterocycles. The second-order valence-corrected chi connectivity index (χ2v) is 7.28. The number of hydrogen-bond donors (Lipinski definition) is 2. The lowest BCUT2D eigenvalue weighted by molar-refractivity contribution is -0.250. The Balaban J connectivity index is 1.56. The van der Waals surface area contributed by atoms with Crippen molar-refractivity contribution in [1.82, 2.24) is 14.6 Å². The van der Waals surface area contributed by atoms with E-state index in [4.69, 9.17) is 9.57 Å². The van der Waals surface area contributed by atoms with Gasteiger partial charge in [-0.15, -0.1) is 0 Å². The molecule has 1 aromatic carbocycles. The number of anilines is 1. The molecule has 0 spiro atoms. The first kappa shape index (κ1) is 20.6. The zero-order chi connectivity index (χ0) is 21.3. The van der Waals surface area contributed by atoms with Crippen LogP contribution in [0.2, 0.25) is 0 Å². The lowest BCUT2D eigenvalue weighted by atomic mass is 9.96. The first-order valence-electron chi connectivity index (χ1n) is 9.76. The van der Waals surface area contributed by atoms with E-state index in [2.05, 4.69) is 10.3 Å².